The number of hydrogen-bond acceptors (Lipinski definition) is 7. The largest absolute Gasteiger partial charge is 0.463 e. The van der Waals surface area contributed by atoms with E-state index in [1.165, 1.54) is 4.90 Å². The molecule has 4 aliphatic heterocycles. The predicted molar refractivity (Wildman–Crippen MR) is 166 cm³/mol. The summed E-state index contributed by atoms with van der Waals surface area (Å²) in [7, 11) is 0. The number of hydrogen-bond donors (Lipinski definition) is 2. The monoisotopic (exact) mass is 613 g/mol. The molecule has 1 spiro atoms. The Morgan fingerprint density at radius 2 is 1.82 bits per heavy atom. The molecule has 0 unspecified atom stereocenters. The zero-order chi connectivity index (χ0) is 31.7. The molecule has 2 aromatic carbocycles. The van der Waals surface area contributed by atoms with Gasteiger partial charge in [-0.1, -0.05) is 66.8 Å². The normalized spacial score (nSPS) is 30.8. The Balaban J connectivity index is 1.44. The lowest BCUT2D eigenvalue weighted by molar-refractivity contribution is -0.145. The van der Waals surface area contributed by atoms with Crippen LogP contribution in [0.4, 0.5) is 5.69 Å². The van der Waals surface area contributed by atoms with E-state index in [0.717, 1.165) is 16.7 Å². The van der Waals surface area contributed by atoms with Gasteiger partial charge in [0.15, 0.2) is 0 Å². The first-order valence-corrected chi connectivity index (χ1v) is 15.6. The van der Waals surface area contributed by atoms with Gasteiger partial charge in [0, 0.05) is 31.8 Å². The maximum Gasteiger partial charge on any atom is 0.306 e. The number of aryl methyl sites for hydroxylation is 2. The van der Waals surface area contributed by atoms with Crippen LogP contribution in [-0.2, 0) is 28.7 Å². The van der Waals surface area contributed by atoms with Gasteiger partial charge in [-0.3, -0.25) is 19.2 Å². The molecule has 6 rings (SSSR count). The molecule has 5 bridgehead atoms. The van der Waals surface area contributed by atoms with Crippen LogP contribution in [0, 0.1) is 25.7 Å². The van der Waals surface area contributed by atoms with Gasteiger partial charge in [-0.05, 0) is 49.4 Å². The number of carbonyl (C=O) groups excluding carboxylic acids is 4. The molecule has 2 N–H and O–H groups in total. The summed E-state index contributed by atoms with van der Waals surface area (Å²) in [5.74, 6) is -3.34. The van der Waals surface area contributed by atoms with Crippen LogP contribution in [0.5, 0.6) is 0 Å². The van der Waals surface area contributed by atoms with Crippen molar-refractivity contribution in [3.8, 4) is 0 Å². The molecule has 2 aromatic rings. The van der Waals surface area contributed by atoms with Crippen molar-refractivity contribution in [3.63, 3.8) is 0 Å². The van der Waals surface area contributed by atoms with Gasteiger partial charge in [0.25, 0.3) is 5.91 Å². The maximum atomic E-state index is 14.8. The minimum Gasteiger partial charge on any atom is -0.463 e. The lowest BCUT2D eigenvalue weighted by Gasteiger charge is -2.36. The van der Waals surface area contributed by atoms with Crippen LogP contribution in [0.3, 0.4) is 0 Å². The highest BCUT2D eigenvalue weighted by Gasteiger charge is 2.73. The number of ether oxygens (including phenoxy) is 2. The molecule has 0 aromatic heterocycles. The van der Waals surface area contributed by atoms with Gasteiger partial charge < -0.3 is 29.7 Å². The van der Waals surface area contributed by atoms with Gasteiger partial charge in [0.05, 0.1) is 24.0 Å². The zero-order valence-corrected chi connectivity index (χ0v) is 25.6. The minimum absolute atomic E-state index is 0.0692. The van der Waals surface area contributed by atoms with E-state index in [2.05, 4.69) is 5.32 Å². The molecule has 4 heterocycles. The van der Waals surface area contributed by atoms with Crippen molar-refractivity contribution in [2.45, 2.75) is 56.9 Å². The van der Waals surface area contributed by atoms with Gasteiger partial charge in [0.2, 0.25) is 11.8 Å². The first-order chi connectivity index (χ1) is 21.7. The van der Waals surface area contributed by atoms with Crippen LogP contribution in [0.1, 0.15) is 42.0 Å². The smallest absolute Gasteiger partial charge is 0.306 e. The average molecular weight is 614 g/mol. The highest BCUT2D eigenvalue weighted by molar-refractivity contribution is 6.06. The number of amides is 3. The number of aliphatic hydroxyl groups excluding tert-OH is 1. The summed E-state index contributed by atoms with van der Waals surface area (Å²) < 4.78 is 12.1. The van der Waals surface area contributed by atoms with Gasteiger partial charge >= 0.3 is 5.97 Å². The number of benzene rings is 2. The molecule has 45 heavy (non-hydrogen) atoms. The Morgan fingerprint density at radius 3 is 2.60 bits per heavy atom. The van der Waals surface area contributed by atoms with E-state index >= 15 is 0 Å². The van der Waals surface area contributed by atoms with Crippen molar-refractivity contribution in [2.24, 2.45) is 11.8 Å². The molecule has 0 radical (unpaired) electrons. The standard InChI is InChI=1S/C35H39N3O7/c1-22-13-14-23(2)26(20-22)37-17-8-4-7-12-28(40)44-21-25(24-10-5-3-6-11-24)36-32(41)29-27-15-16-35(45-27)30(29)33(42)38(18-9-19-39)31(35)34(37)43/h3-6,8,10-11,13-16,20,25,27,29-31,39H,7,9,12,17-19,21H2,1-2H3,(H,36,41)/b8-4-/t25-,27-,29+,30+,31-,35+/m0/s1. The predicted octanol–water partition coefficient (Wildman–Crippen LogP) is 2.92. The average Bonchev–Trinajstić information content (AvgIpc) is 3.68. The summed E-state index contributed by atoms with van der Waals surface area (Å²) in [6.07, 6.45) is 7.36. The summed E-state index contributed by atoms with van der Waals surface area (Å²) in [6, 6.07) is 13.4. The zero-order valence-electron chi connectivity index (χ0n) is 25.6. The first-order valence-electron chi connectivity index (χ1n) is 15.6. The third-order valence-electron chi connectivity index (χ3n) is 9.29. The quantitative estimate of drug-likeness (QED) is 0.393. The maximum absolute atomic E-state index is 14.8. The number of likely N-dealkylation sites (tertiary alicyclic amines) is 1. The number of esters is 1. The number of allylic oxidation sites excluding steroid dienone is 1. The van der Waals surface area contributed by atoms with E-state index in [1.807, 2.05) is 74.5 Å². The number of nitrogens with zero attached hydrogens (tertiary/aromatic N) is 2. The topological polar surface area (TPSA) is 125 Å². The van der Waals surface area contributed by atoms with E-state index in [0.29, 0.717) is 12.1 Å². The number of anilines is 1. The molecule has 0 saturated carbocycles. The molecular formula is C35H39N3O7. The number of nitrogens with one attached hydrogen (secondary N) is 1. The highest BCUT2D eigenvalue weighted by atomic mass is 16.5. The van der Waals surface area contributed by atoms with Gasteiger partial charge in [-0.25, -0.2) is 0 Å². The van der Waals surface area contributed by atoms with Crippen LogP contribution < -0.4 is 10.2 Å². The molecule has 0 aliphatic carbocycles. The Bertz CT molecular complexity index is 1540. The second kappa shape index (κ2) is 12.6. The van der Waals surface area contributed by atoms with Crippen LogP contribution in [0.25, 0.3) is 0 Å². The van der Waals surface area contributed by atoms with Crippen molar-refractivity contribution in [3.05, 3.63) is 89.5 Å². The van der Waals surface area contributed by atoms with Crippen LogP contribution in [0.2, 0.25) is 0 Å². The van der Waals surface area contributed by atoms with Crippen molar-refractivity contribution < 1.29 is 33.8 Å². The van der Waals surface area contributed by atoms with Gasteiger partial charge in [-0.15, -0.1) is 0 Å². The van der Waals surface area contributed by atoms with E-state index < -0.39 is 47.5 Å². The first kappa shape index (κ1) is 30.7. The molecule has 236 valence electrons. The number of carbonyl (C=O) groups is 4. The van der Waals surface area contributed by atoms with Gasteiger partial charge in [-0.2, -0.15) is 0 Å². The Kier molecular flexibility index (Phi) is 8.61. The van der Waals surface area contributed by atoms with E-state index in [-0.39, 0.29) is 51.0 Å². The second-order valence-corrected chi connectivity index (χ2v) is 12.2. The third-order valence-corrected chi connectivity index (χ3v) is 9.29. The van der Waals surface area contributed by atoms with Crippen molar-refractivity contribution >= 4 is 29.4 Å². The number of aliphatic hydroxyl groups is 1. The van der Waals surface area contributed by atoms with Crippen molar-refractivity contribution in [2.75, 3.05) is 31.2 Å². The molecule has 10 heteroatoms. The van der Waals surface area contributed by atoms with Crippen molar-refractivity contribution in [1.29, 1.82) is 0 Å². The molecule has 10 nitrogen and oxygen atoms in total. The molecule has 4 aliphatic rings. The Hall–Kier alpha value is -4.28. The summed E-state index contributed by atoms with van der Waals surface area (Å²) in [4.78, 5) is 59.0. The van der Waals surface area contributed by atoms with E-state index in [9.17, 15) is 24.3 Å². The number of fused-ring (bicyclic) bond motifs is 2. The van der Waals surface area contributed by atoms with Crippen LogP contribution >= 0.6 is 0 Å². The fraction of sp³-hybridized carbons (Fsp3) is 0.429. The van der Waals surface area contributed by atoms with Crippen LogP contribution in [-0.4, -0.2) is 77.7 Å². The summed E-state index contributed by atoms with van der Waals surface area (Å²) in [5, 5.41) is 12.7. The van der Waals surface area contributed by atoms with E-state index in [1.54, 1.807) is 17.1 Å². The minimum atomic E-state index is -1.35. The SMILES string of the molecule is Cc1ccc(C)c(N2C/C=C\CCC(=O)OC[C@@H](c3ccccc3)NC(=O)[C@@H]3[C@@H]4C=C[C@]5(O4)[C@H](C2=O)N(CCCO)C(=O)[C@@H]35)c1. The Morgan fingerprint density at radius 1 is 1.02 bits per heavy atom. The fourth-order valence-electron chi connectivity index (χ4n) is 7.12. The highest BCUT2D eigenvalue weighted by Crippen LogP contribution is 2.55. The molecule has 3 amide bonds. The number of cyclic esters (lactones) is 1. The Labute approximate surface area is 262 Å². The summed E-state index contributed by atoms with van der Waals surface area (Å²) in [6.45, 7) is 3.98. The summed E-state index contributed by atoms with van der Waals surface area (Å²) in [5.41, 5.74) is 1.96. The van der Waals surface area contributed by atoms with Gasteiger partial charge in [0.1, 0.15) is 18.2 Å². The molecular weight excluding hydrogens is 574 g/mol. The van der Waals surface area contributed by atoms with Crippen molar-refractivity contribution in [1.82, 2.24) is 10.2 Å². The second-order valence-electron chi connectivity index (χ2n) is 12.2. The number of rotatable bonds is 5. The molecule has 6 atom stereocenters. The summed E-state index contributed by atoms with van der Waals surface area (Å²) >= 11 is 0. The lowest BCUT2D eigenvalue weighted by Crippen LogP contribution is -2.56. The molecule has 2 fully saturated rings. The third kappa shape index (κ3) is 5.57. The molecule has 2 saturated heterocycles. The lowest BCUT2D eigenvalue weighted by atomic mass is 9.74. The van der Waals surface area contributed by atoms with E-state index in [4.69, 9.17) is 9.47 Å². The fourth-order valence-corrected chi connectivity index (χ4v) is 7.12. The van der Waals surface area contributed by atoms with Crippen LogP contribution in [0.15, 0.2) is 72.8 Å².